The van der Waals surface area contributed by atoms with Crippen molar-refractivity contribution in [2.45, 2.75) is 19.9 Å². The van der Waals surface area contributed by atoms with Gasteiger partial charge in [0.05, 0.1) is 27.6 Å². The quantitative estimate of drug-likeness (QED) is 0.421. The Morgan fingerprint density at radius 3 is 2.88 bits per heavy atom. The number of rotatable bonds is 6. The molecule has 0 amide bonds. The molecular weight excluding hydrogens is 318 g/mol. The fraction of sp³-hybridized carbons (Fsp3) is 0.222. The molecule has 0 aliphatic heterocycles. The summed E-state index contributed by atoms with van der Waals surface area (Å²) in [5.41, 5.74) is 2.68. The summed E-state index contributed by atoms with van der Waals surface area (Å²) < 4.78 is 2.14. The van der Waals surface area contributed by atoms with Gasteiger partial charge in [-0.05, 0) is 37.6 Å². The molecule has 0 atom stereocenters. The lowest BCUT2D eigenvalue weighted by molar-refractivity contribution is -0.384. The van der Waals surface area contributed by atoms with Gasteiger partial charge in [-0.2, -0.15) is 5.26 Å². The number of aromatic nitrogens is 2. The van der Waals surface area contributed by atoms with Crippen LogP contribution in [-0.4, -0.2) is 21.0 Å². The van der Waals surface area contributed by atoms with E-state index in [9.17, 15) is 10.1 Å². The summed E-state index contributed by atoms with van der Waals surface area (Å²) in [4.78, 5) is 15.2. The zero-order valence-corrected chi connectivity index (χ0v) is 13.8. The van der Waals surface area contributed by atoms with Crippen molar-refractivity contribution in [3.05, 3.63) is 64.0 Å². The number of para-hydroxylation sites is 2. The lowest BCUT2D eigenvalue weighted by Crippen LogP contribution is -2.09. The van der Waals surface area contributed by atoms with Gasteiger partial charge in [0, 0.05) is 19.2 Å². The number of aryl methyl sites for hydroxylation is 2. The summed E-state index contributed by atoms with van der Waals surface area (Å²) in [6.45, 7) is 3.32. The van der Waals surface area contributed by atoms with Gasteiger partial charge in [0.2, 0.25) is 0 Å². The van der Waals surface area contributed by atoms with Crippen LogP contribution in [0, 0.1) is 28.4 Å². The highest BCUT2D eigenvalue weighted by atomic mass is 16.6. The molecule has 0 bridgehead atoms. The fourth-order valence-corrected chi connectivity index (χ4v) is 2.84. The third-order valence-corrected chi connectivity index (χ3v) is 4.04. The molecule has 7 heteroatoms. The fourth-order valence-electron chi connectivity index (χ4n) is 2.84. The Kier molecular flexibility index (Phi) is 4.61. The lowest BCUT2D eigenvalue weighted by Gasteiger charge is -2.09. The number of nitriles is 1. The average Bonchev–Trinajstić information content (AvgIpc) is 2.94. The van der Waals surface area contributed by atoms with Crippen molar-refractivity contribution in [2.24, 2.45) is 0 Å². The molecule has 126 valence electrons. The number of nitro benzene ring substituents is 1. The molecule has 0 radical (unpaired) electrons. The van der Waals surface area contributed by atoms with Crippen LogP contribution in [0.25, 0.3) is 11.0 Å². The van der Waals surface area contributed by atoms with E-state index in [4.69, 9.17) is 5.26 Å². The van der Waals surface area contributed by atoms with Crippen LogP contribution in [0.5, 0.6) is 0 Å². The molecule has 0 aliphatic carbocycles. The van der Waals surface area contributed by atoms with E-state index < -0.39 is 4.92 Å². The smallest absolute Gasteiger partial charge is 0.293 e. The number of hydrogen-bond acceptors (Lipinski definition) is 5. The molecular formula is C18H17N5O2. The van der Waals surface area contributed by atoms with Crippen LogP contribution < -0.4 is 5.32 Å². The molecule has 1 aromatic heterocycles. The Labute approximate surface area is 144 Å². The van der Waals surface area contributed by atoms with Crippen LogP contribution in [0.4, 0.5) is 11.4 Å². The summed E-state index contributed by atoms with van der Waals surface area (Å²) in [5.74, 6) is 0.950. The van der Waals surface area contributed by atoms with Crippen LogP contribution in [0.15, 0.2) is 42.5 Å². The van der Waals surface area contributed by atoms with Crippen molar-refractivity contribution in [3.63, 3.8) is 0 Å². The number of fused-ring (bicyclic) bond motifs is 1. The predicted octanol–water partition coefficient (Wildman–Crippen LogP) is 3.63. The predicted molar refractivity (Wildman–Crippen MR) is 95.4 cm³/mol. The average molecular weight is 335 g/mol. The van der Waals surface area contributed by atoms with Crippen molar-refractivity contribution < 1.29 is 4.92 Å². The second-order valence-electron chi connectivity index (χ2n) is 5.68. The van der Waals surface area contributed by atoms with Gasteiger partial charge in [-0.15, -0.1) is 0 Å². The Morgan fingerprint density at radius 2 is 2.12 bits per heavy atom. The minimum Gasteiger partial charge on any atom is -0.379 e. The molecule has 0 spiro atoms. The maximum atomic E-state index is 11.1. The molecule has 3 rings (SSSR count). The van der Waals surface area contributed by atoms with Gasteiger partial charge in [-0.25, -0.2) is 4.98 Å². The van der Waals surface area contributed by atoms with E-state index in [-0.39, 0.29) is 11.3 Å². The highest BCUT2D eigenvalue weighted by Crippen LogP contribution is 2.25. The number of nitrogens with zero attached hydrogens (tertiary/aromatic N) is 4. The second-order valence-corrected chi connectivity index (χ2v) is 5.68. The zero-order valence-electron chi connectivity index (χ0n) is 13.8. The minimum absolute atomic E-state index is 0.0803. The Morgan fingerprint density at radius 1 is 1.32 bits per heavy atom. The number of benzene rings is 2. The molecule has 7 nitrogen and oxygen atoms in total. The van der Waals surface area contributed by atoms with Crippen LogP contribution in [0.2, 0.25) is 0 Å². The number of nitro groups is 1. The number of imidazole rings is 1. The Hall–Kier alpha value is -3.40. The molecule has 3 aromatic rings. The standard InChI is InChI=1S/C18H17N5O2/c1-13-21-16-5-2-3-6-17(16)22(13)10-4-9-20-15-8-7-14(12-19)11-18(15)23(24)25/h2-3,5-8,11,20H,4,9-10H2,1H3. The van der Waals surface area contributed by atoms with Crippen molar-refractivity contribution in [2.75, 3.05) is 11.9 Å². The lowest BCUT2D eigenvalue weighted by atomic mass is 10.2. The zero-order chi connectivity index (χ0) is 17.8. The van der Waals surface area contributed by atoms with Gasteiger partial charge in [-0.1, -0.05) is 12.1 Å². The van der Waals surface area contributed by atoms with E-state index in [0.29, 0.717) is 12.2 Å². The van der Waals surface area contributed by atoms with Gasteiger partial charge in [0.1, 0.15) is 11.5 Å². The second kappa shape index (κ2) is 7.01. The maximum Gasteiger partial charge on any atom is 0.293 e. The minimum atomic E-state index is -0.476. The first-order chi connectivity index (χ1) is 12.1. The van der Waals surface area contributed by atoms with E-state index in [0.717, 1.165) is 29.8 Å². The number of hydrogen-bond donors (Lipinski definition) is 1. The van der Waals surface area contributed by atoms with Gasteiger partial charge in [-0.3, -0.25) is 10.1 Å². The molecule has 0 fully saturated rings. The summed E-state index contributed by atoms with van der Waals surface area (Å²) in [6.07, 6.45) is 0.790. The van der Waals surface area contributed by atoms with Crippen molar-refractivity contribution in [1.82, 2.24) is 9.55 Å². The van der Waals surface area contributed by atoms with E-state index in [2.05, 4.69) is 14.9 Å². The highest BCUT2D eigenvalue weighted by Gasteiger charge is 2.14. The highest BCUT2D eigenvalue weighted by molar-refractivity contribution is 5.75. The van der Waals surface area contributed by atoms with Crippen molar-refractivity contribution in [3.8, 4) is 6.07 Å². The van der Waals surface area contributed by atoms with Crippen LogP contribution in [0.3, 0.4) is 0 Å². The van der Waals surface area contributed by atoms with E-state index in [1.165, 1.54) is 6.07 Å². The van der Waals surface area contributed by atoms with Gasteiger partial charge in [0.25, 0.3) is 5.69 Å². The molecule has 2 aromatic carbocycles. The first-order valence-electron chi connectivity index (χ1n) is 7.94. The van der Waals surface area contributed by atoms with E-state index >= 15 is 0 Å². The summed E-state index contributed by atoms with van der Waals surface area (Å²) in [7, 11) is 0. The Balaban J connectivity index is 1.67. The SMILES string of the molecule is Cc1nc2ccccc2n1CCCNc1ccc(C#N)cc1[N+](=O)[O-]. The maximum absolute atomic E-state index is 11.1. The van der Waals surface area contributed by atoms with Crippen LogP contribution >= 0.6 is 0 Å². The normalized spacial score (nSPS) is 10.6. The largest absolute Gasteiger partial charge is 0.379 e. The van der Waals surface area contributed by atoms with Gasteiger partial charge < -0.3 is 9.88 Å². The first-order valence-corrected chi connectivity index (χ1v) is 7.94. The molecule has 1 heterocycles. The number of anilines is 1. The summed E-state index contributed by atoms with van der Waals surface area (Å²) in [5, 5.41) is 23.1. The Bertz CT molecular complexity index is 971. The van der Waals surface area contributed by atoms with Crippen molar-refractivity contribution in [1.29, 1.82) is 5.26 Å². The van der Waals surface area contributed by atoms with Crippen LogP contribution in [-0.2, 0) is 6.54 Å². The molecule has 25 heavy (non-hydrogen) atoms. The first kappa shape index (κ1) is 16.5. The third kappa shape index (κ3) is 3.43. The molecule has 1 N–H and O–H groups in total. The summed E-state index contributed by atoms with van der Waals surface area (Å²) >= 11 is 0. The molecule has 0 saturated carbocycles. The summed E-state index contributed by atoms with van der Waals surface area (Å²) in [6, 6.07) is 14.3. The molecule has 0 saturated heterocycles. The third-order valence-electron chi connectivity index (χ3n) is 4.04. The molecule has 0 unspecified atom stereocenters. The number of nitrogens with one attached hydrogen (secondary N) is 1. The monoisotopic (exact) mass is 335 g/mol. The van der Waals surface area contributed by atoms with Gasteiger partial charge >= 0.3 is 0 Å². The topological polar surface area (TPSA) is 96.8 Å². The van der Waals surface area contributed by atoms with E-state index in [1.807, 2.05) is 37.3 Å². The van der Waals surface area contributed by atoms with E-state index in [1.54, 1.807) is 12.1 Å². The van der Waals surface area contributed by atoms with Crippen LogP contribution in [0.1, 0.15) is 17.8 Å². The molecule has 0 aliphatic rings. The van der Waals surface area contributed by atoms with Crippen molar-refractivity contribution >= 4 is 22.4 Å². The van der Waals surface area contributed by atoms with Gasteiger partial charge in [0.15, 0.2) is 0 Å².